The number of hydrogen-bond acceptors (Lipinski definition) is 9. The van der Waals surface area contributed by atoms with Gasteiger partial charge in [-0.2, -0.15) is 5.10 Å². The van der Waals surface area contributed by atoms with Gasteiger partial charge in [-0.15, -0.1) is 0 Å². The molecule has 4 heterocycles. The van der Waals surface area contributed by atoms with Gasteiger partial charge in [-0.3, -0.25) is 4.90 Å². The first-order chi connectivity index (χ1) is 15.1. The van der Waals surface area contributed by atoms with Crippen LogP contribution < -0.4 is 11.1 Å². The summed E-state index contributed by atoms with van der Waals surface area (Å²) in [5.41, 5.74) is 9.73. The molecule has 5 rings (SSSR count). The van der Waals surface area contributed by atoms with Gasteiger partial charge in [-0.25, -0.2) is 19.6 Å². The van der Waals surface area contributed by atoms with Crippen LogP contribution in [0.25, 0.3) is 32.5 Å². The van der Waals surface area contributed by atoms with Crippen molar-refractivity contribution in [3.63, 3.8) is 0 Å². The van der Waals surface area contributed by atoms with Gasteiger partial charge in [0.05, 0.1) is 28.8 Å². The van der Waals surface area contributed by atoms with E-state index in [9.17, 15) is 0 Å². The minimum atomic E-state index is 0.167. The number of morpholine rings is 1. The van der Waals surface area contributed by atoms with E-state index in [0.29, 0.717) is 5.82 Å². The van der Waals surface area contributed by atoms with Crippen LogP contribution in [0.15, 0.2) is 24.5 Å². The Morgan fingerprint density at radius 1 is 1.23 bits per heavy atom. The van der Waals surface area contributed by atoms with Crippen molar-refractivity contribution in [2.45, 2.75) is 19.9 Å². The Bertz CT molecular complexity index is 1210. The number of thiazole rings is 1. The van der Waals surface area contributed by atoms with E-state index in [2.05, 4.69) is 40.1 Å². The highest BCUT2D eigenvalue weighted by Gasteiger charge is 2.19. The average molecular weight is 439 g/mol. The van der Waals surface area contributed by atoms with Gasteiger partial charge in [0, 0.05) is 37.8 Å². The van der Waals surface area contributed by atoms with Gasteiger partial charge in [-0.05, 0) is 26.0 Å². The highest BCUT2D eigenvalue weighted by Crippen LogP contribution is 2.35. The molecule has 0 amide bonds. The summed E-state index contributed by atoms with van der Waals surface area (Å²) in [6.45, 7) is 9.64. The molecule has 10 heteroatoms. The van der Waals surface area contributed by atoms with E-state index in [1.807, 2.05) is 16.8 Å². The molecule has 0 radical (unpaired) electrons. The summed E-state index contributed by atoms with van der Waals surface area (Å²) in [6, 6.07) is 6.37. The Hall–Kier alpha value is -2.82. The van der Waals surface area contributed by atoms with Gasteiger partial charge in [0.25, 0.3) is 0 Å². The summed E-state index contributed by atoms with van der Waals surface area (Å²) in [7, 11) is 0. The normalized spacial score (nSPS) is 15.3. The molecule has 1 aromatic carbocycles. The zero-order valence-corrected chi connectivity index (χ0v) is 18.5. The fraction of sp³-hybridized carbons (Fsp3) is 0.429. The maximum Gasteiger partial charge on any atom is 0.183 e. The summed E-state index contributed by atoms with van der Waals surface area (Å²) in [4.78, 5) is 15.8. The summed E-state index contributed by atoms with van der Waals surface area (Å²) >= 11 is 1.65. The van der Waals surface area contributed by atoms with Gasteiger partial charge < -0.3 is 15.8 Å². The average Bonchev–Trinajstić information content (AvgIpc) is 3.36. The highest BCUT2D eigenvalue weighted by molar-refractivity contribution is 7.22. The second-order valence-corrected chi connectivity index (χ2v) is 8.96. The first-order valence-electron chi connectivity index (χ1n) is 10.5. The summed E-state index contributed by atoms with van der Waals surface area (Å²) < 4.78 is 8.41. The highest BCUT2D eigenvalue weighted by atomic mass is 32.1. The van der Waals surface area contributed by atoms with Gasteiger partial charge in [0.15, 0.2) is 10.8 Å². The topological polar surface area (TPSA) is 107 Å². The summed E-state index contributed by atoms with van der Waals surface area (Å²) in [5.74, 6) is 0.446. The molecule has 9 nitrogen and oxygen atoms in total. The van der Waals surface area contributed by atoms with Crippen LogP contribution in [0, 0.1) is 0 Å². The van der Waals surface area contributed by atoms with Crippen molar-refractivity contribution in [1.29, 1.82) is 0 Å². The molecule has 0 spiro atoms. The van der Waals surface area contributed by atoms with Crippen LogP contribution in [0.5, 0.6) is 0 Å². The van der Waals surface area contributed by atoms with E-state index in [4.69, 9.17) is 20.6 Å². The molecule has 0 saturated carbocycles. The zero-order chi connectivity index (χ0) is 21.4. The number of rotatable bonds is 6. The number of nitrogens with two attached hydrogens (primary N) is 1. The molecule has 0 unspecified atom stereocenters. The number of ether oxygens (including phenoxy) is 1. The van der Waals surface area contributed by atoms with Crippen LogP contribution in [0.4, 0.5) is 10.9 Å². The fourth-order valence-electron chi connectivity index (χ4n) is 3.85. The van der Waals surface area contributed by atoms with Crippen LogP contribution in [0.3, 0.4) is 0 Å². The van der Waals surface area contributed by atoms with Crippen LogP contribution in [-0.2, 0) is 4.74 Å². The quantitative estimate of drug-likeness (QED) is 0.473. The molecule has 31 heavy (non-hydrogen) atoms. The molecular weight excluding hydrogens is 412 g/mol. The summed E-state index contributed by atoms with van der Waals surface area (Å²) in [5, 5.41) is 10.0. The van der Waals surface area contributed by atoms with E-state index in [0.717, 1.165) is 77.0 Å². The molecule has 3 aromatic heterocycles. The van der Waals surface area contributed by atoms with Crippen molar-refractivity contribution < 1.29 is 4.74 Å². The fourth-order valence-corrected chi connectivity index (χ4v) is 4.78. The van der Waals surface area contributed by atoms with Crippen molar-refractivity contribution in [3.05, 3.63) is 24.5 Å². The third-order valence-electron chi connectivity index (χ3n) is 5.48. The molecule has 1 aliphatic heterocycles. The maximum absolute atomic E-state index is 6.20. The van der Waals surface area contributed by atoms with Crippen molar-refractivity contribution >= 4 is 43.5 Å². The van der Waals surface area contributed by atoms with Gasteiger partial charge >= 0.3 is 0 Å². The maximum atomic E-state index is 6.20. The lowest BCUT2D eigenvalue weighted by Crippen LogP contribution is -2.38. The summed E-state index contributed by atoms with van der Waals surface area (Å²) in [6.07, 6.45) is 1.49. The van der Waals surface area contributed by atoms with Crippen molar-refractivity contribution in [1.82, 2.24) is 29.6 Å². The van der Waals surface area contributed by atoms with Crippen molar-refractivity contribution in [2.24, 2.45) is 0 Å². The number of nitrogens with zero attached hydrogens (tertiary/aromatic N) is 6. The van der Waals surface area contributed by atoms with Crippen LogP contribution in [0.2, 0.25) is 0 Å². The molecular formula is C21H26N8OS. The number of benzene rings is 1. The van der Waals surface area contributed by atoms with Gasteiger partial charge in [-0.1, -0.05) is 17.4 Å². The van der Waals surface area contributed by atoms with E-state index >= 15 is 0 Å². The van der Waals surface area contributed by atoms with Crippen LogP contribution in [-0.4, -0.2) is 69.0 Å². The third-order valence-corrected chi connectivity index (χ3v) is 6.45. The standard InChI is InChI=1S/C21H26N8OS/c1-13(2)29-20-17(19(22)24-12-25-20)18(27-29)14-3-4-15-16(11-14)31-21(26-15)23-5-6-28-7-9-30-10-8-28/h3-4,11-13H,5-10H2,1-2H3,(H,23,26)(H2,22,24,25). The predicted octanol–water partition coefficient (Wildman–Crippen LogP) is 3.01. The Labute approximate surface area is 184 Å². The molecule has 1 saturated heterocycles. The minimum Gasteiger partial charge on any atom is -0.383 e. The third kappa shape index (κ3) is 3.93. The van der Waals surface area contributed by atoms with Gasteiger partial charge in [0.1, 0.15) is 17.8 Å². The number of nitrogens with one attached hydrogen (secondary N) is 1. The Morgan fingerprint density at radius 2 is 2.06 bits per heavy atom. The number of hydrogen-bond donors (Lipinski definition) is 2. The zero-order valence-electron chi connectivity index (χ0n) is 17.7. The van der Waals surface area contributed by atoms with Crippen LogP contribution in [0.1, 0.15) is 19.9 Å². The smallest absolute Gasteiger partial charge is 0.183 e. The van der Waals surface area contributed by atoms with E-state index < -0.39 is 0 Å². The number of anilines is 2. The molecule has 162 valence electrons. The second kappa shape index (κ2) is 8.37. The van der Waals surface area contributed by atoms with Gasteiger partial charge in [0.2, 0.25) is 0 Å². The Kier molecular flexibility index (Phi) is 5.43. The van der Waals surface area contributed by atoms with E-state index in [1.165, 1.54) is 6.33 Å². The molecule has 1 fully saturated rings. The lowest BCUT2D eigenvalue weighted by atomic mass is 10.1. The first-order valence-corrected chi connectivity index (χ1v) is 11.4. The lowest BCUT2D eigenvalue weighted by molar-refractivity contribution is 0.0398. The first kappa shape index (κ1) is 20.1. The molecule has 4 aromatic rings. The molecule has 0 aliphatic carbocycles. The predicted molar refractivity (Wildman–Crippen MR) is 124 cm³/mol. The van der Waals surface area contributed by atoms with E-state index in [-0.39, 0.29) is 6.04 Å². The largest absolute Gasteiger partial charge is 0.383 e. The number of aromatic nitrogens is 5. The minimum absolute atomic E-state index is 0.167. The van der Waals surface area contributed by atoms with E-state index in [1.54, 1.807) is 11.3 Å². The monoisotopic (exact) mass is 438 g/mol. The van der Waals surface area contributed by atoms with Crippen molar-refractivity contribution in [2.75, 3.05) is 50.4 Å². The second-order valence-electron chi connectivity index (χ2n) is 7.93. The number of nitrogen functional groups attached to an aromatic ring is 1. The Morgan fingerprint density at radius 3 is 2.87 bits per heavy atom. The molecule has 1 aliphatic rings. The number of fused-ring (bicyclic) bond motifs is 2. The molecule has 3 N–H and O–H groups in total. The lowest BCUT2D eigenvalue weighted by Gasteiger charge is -2.26. The molecule has 0 bridgehead atoms. The van der Waals surface area contributed by atoms with Crippen molar-refractivity contribution in [3.8, 4) is 11.3 Å². The Balaban J connectivity index is 1.41. The van der Waals surface area contributed by atoms with Crippen LogP contribution >= 0.6 is 11.3 Å². The SMILES string of the molecule is CC(C)n1nc(-c2ccc3nc(NCCN4CCOCC4)sc3c2)c2c(N)ncnc21. The molecule has 0 atom stereocenters.